The van der Waals surface area contributed by atoms with E-state index in [9.17, 15) is 9.59 Å². The first kappa shape index (κ1) is 12.4. The van der Waals surface area contributed by atoms with Crippen molar-refractivity contribution < 1.29 is 14.3 Å². The van der Waals surface area contributed by atoms with Gasteiger partial charge in [-0.1, -0.05) is 0 Å². The van der Waals surface area contributed by atoms with E-state index in [-0.39, 0.29) is 12.1 Å². The molecule has 2 aliphatic heterocycles. The van der Waals surface area contributed by atoms with Gasteiger partial charge in [-0.3, -0.25) is 4.90 Å². The summed E-state index contributed by atoms with van der Waals surface area (Å²) in [7, 11) is 0. The number of amides is 1. The van der Waals surface area contributed by atoms with Crippen molar-refractivity contribution >= 4 is 12.4 Å². The molecular weight excluding hydrogens is 218 g/mol. The second-order valence-electron chi connectivity index (χ2n) is 6.16. The van der Waals surface area contributed by atoms with Crippen molar-refractivity contribution in [2.45, 2.75) is 70.1 Å². The number of carbonyl (C=O) groups excluding carboxylic acids is 2. The first-order chi connectivity index (χ1) is 7.88. The molecule has 0 aromatic heterocycles. The third kappa shape index (κ3) is 2.17. The first-order valence-corrected chi connectivity index (χ1v) is 6.37. The van der Waals surface area contributed by atoms with Crippen molar-refractivity contribution in [3.05, 3.63) is 0 Å². The summed E-state index contributed by atoms with van der Waals surface area (Å²) in [6, 6.07) is 0.198. The molecule has 1 amide bonds. The summed E-state index contributed by atoms with van der Waals surface area (Å²) in [5.74, 6) is 0. The molecule has 0 radical (unpaired) electrons. The number of rotatable bonds is 1. The fourth-order valence-corrected chi connectivity index (χ4v) is 3.01. The number of fused-ring (bicyclic) bond motifs is 2. The van der Waals surface area contributed by atoms with E-state index in [1.807, 2.05) is 20.8 Å². The van der Waals surface area contributed by atoms with E-state index < -0.39 is 11.1 Å². The lowest BCUT2D eigenvalue weighted by atomic mass is 9.90. The van der Waals surface area contributed by atoms with Crippen LogP contribution >= 0.6 is 0 Å². The van der Waals surface area contributed by atoms with Crippen LogP contribution in [0.15, 0.2) is 0 Å². The number of carbonyl (C=O) groups is 2. The van der Waals surface area contributed by atoms with Crippen LogP contribution in [0.5, 0.6) is 0 Å². The van der Waals surface area contributed by atoms with Gasteiger partial charge in [-0.15, -0.1) is 0 Å². The van der Waals surface area contributed by atoms with Crippen molar-refractivity contribution in [2.24, 2.45) is 0 Å². The van der Waals surface area contributed by atoms with Gasteiger partial charge in [-0.2, -0.15) is 0 Å². The molecule has 4 heteroatoms. The predicted molar refractivity (Wildman–Crippen MR) is 63.7 cm³/mol. The summed E-state index contributed by atoms with van der Waals surface area (Å²) < 4.78 is 5.41. The summed E-state index contributed by atoms with van der Waals surface area (Å²) >= 11 is 0. The zero-order valence-corrected chi connectivity index (χ0v) is 10.9. The van der Waals surface area contributed by atoms with E-state index in [2.05, 4.69) is 0 Å². The highest BCUT2D eigenvalue weighted by Crippen LogP contribution is 2.43. The van der Waals surface area contributed by atoms with Crippen LogP contribution in [-0.2, 0) is 9.53 Å². The highest BCUT2D eigenvalue weighted by Gasteiger charge is 2.52. The molecule has 4 nitrogen and oxygen atoms in total. The van der Waals surface area contributed by atoms with Crippen LogP contribution in [0.1, 0.15) is 52.9 Å². The van der Waals surface area contributed by atoms with Gasteiger partial charge in [0.05, 0.1) is 0 Å². The van der Waals surface area contributed by atoms with Gasteiger partial charge in [0.1, 0.15) is 17.4 Å². The van der Waals surface area contributed by atoms with Crippen LogP contribution in [-0.4, -0.2) is 34.5 Å². The Labute approximate surface area is 102 Å². The Bertz CT molecular complexity index is 330. The van der Waals surface area contributed by atoms with Crippen molar-refractivity contribution in [1.82, 2.24) is 4.90 Å². The van der Waals surface area contributed by atoms with Gasteiger partial charge < -0.3 is 9.53 Å². The number of hydrogen-bond acceptors (Lipinski definition) is 3. The Kier molecular flexibility index (Phi) is 2.92. The quantitative estimate of drug-likeness (QED) is 0.660. The minimum atomic E-state index is -0.578. The van der Waals surface area contributed by atoms with Gasteiger partial charge in [-0.05, 0) is 52.9 Å². The van der Waals surface area contributed by atoms with Crippen LogP contribution in [0, 0.1) is 0 Å². The maximum Gasteiger partial charge on any atom is 0.411 e. The third-order valence-electron chi connectivity index (χ3n) is 3.71. The summed E-state index contributed by atoms with van der Waals surface area (Å²) in [5.41, 5.74) is -1.08. The molecule has 2 saturated heterocycles. The molecule has 0 saturated carbocycles. The highest BCUT2D eigenvalue weighted by atomic mass is 16.6. The van der Waals surface area contributed by atoms with Crippen LogP contribution in [0.2, 0.25) is 0 Å². The Morgan fingerprint density at radius 1 is 1.35 bits per heavy atom. The minimum Gasteiger partial charge on any atom is -0.444 e. The summed E-state index contributed by atoms with van der Waals surface area (Å²) in [6.45, 7) is 5.55. The SMILES string of the molecule is CC(C)(C)OC(=O)N1C2CCCC1(C=O)CC2. The Balaban J connectivity index is 2.19. The number of nitrogens with zero attached hydrogens (tertiary/aromatic N) is 1. The van der Waals surface area contributed by atoms with Crippen molar-refractivity contribution in [3.63, 3.8) is 0 Å². The Hall–Kier alpha value is -1.06. The van der Waals surface area contributed by atoms with Gasteiger partial charge >= 0.3 is 6.09 Å². The van der Waals surface area contributed by atoms with Crippen LogP contribution in [0.25, 0.3) is 0 Å². The Morgan fingerprint density at radius 3 is 2.65 bits per heavy atom. The number of piperidine rings is 1. The Morgan fingerprint density at radius 2 is 2.06 bits per heavy atom. The molecule has 17 heavy (non-hydrogen) atoms. The second kappa shape index (κ2) is 4.00. The zero-order chi connectivity index (χ0) is 12.7. The van der Waals surface area contributed by atoms with Gasteiger partial charge in [0.25, 0.3) is 0 Å². The zero-order valence-electron chi connectivity index (χ0n) is 10.9. The molecule has 2 aliphatic rings. The highest BCUT2D eigenvalue weighted by molar-refractivity contribution is 5.78. The molecule has 0 aliphatic carbocycles. The lowest BCUT2D eigenvalue weighted by Crippen LogP contribution is -2.55. The third-order valence-corrected chi connectivity index (χ3v) is 3.71. The van der Waals surface area contributed by atoms with Gasteiger partial charge in [0.2, 0.25) is 0 Å². The molecule has 2 atom stereocenters. The van der Waals surface area contributed by atoms with Crippen LogP contribution < -0.4 is 0 Å². The molecule has 0 aromatic rings. The van der Waals surface area contributed by atoms with Gasteiger partial charge in [-0.25, -0.2) is 4.79 Å². The van der Waals surface area contributed by atoms with E-state index in [0.717, 1.165) is 38.4 Å². The fourth-order valence-electron chi connectivity index (χ4n) is 3.01. The van der Waals surface area contributed by atoms with Crippen molar-refractivity contribution in [3.8, 4) is 0 Å². The average molecular weight is 239 g/mol. The lowest BCUT2D eigenvalue weighted by Gasteiger charge is -2.41. The van der Waals surface area contributed by atoms with E-state index in [1.165, 1.54) is 0 Å². The average Bonchev–Trinajstić information content (AvgIpc) is 2.44. The number of aldehydes is 1. The first-order valence-electron chi connectivity index (χ1n) is 6.37. The van der Waals surface area contributed by atoms with Crippen molar-refractivity contribution in [1.29, 1.82) is 0 Å². The number of hydrogen-bond donors (Lipinski definition) is 0. The summed E-state index contributed by atoms with van der Waals surface area (Å²) in [4.78, 5) is 25.3. The minimum absolute atomic E-state index is 0.198. The van der Waals surface area contributed by atoms with Crippen LogP contribution in [0.4, 0.5) is 4.79 Å². The molecular formula is C13H21NO3. The molecule has 0 N–H and O–H groups in total. The van der Waals surface area contributed by atoms with E-state index in [0.29, 0.717) is 0 Å². The summed E-state index contributed by atoms with van der Waals surface area (Å²) in [5, 5.41) is 0. The largest absolute Gasteiger partial charge is 0.444 e. The van der Waals surface area contributed by atoms with E-state index >= 15 is 0 Å². The topological polar surface area (TPSA) is 46.6 Å². The molecule has 2 heterocycles. The van der Waals surface area contributed by atoms with Gasteiger partial charge in [0, 0.05) is 6.04 Å². The fraction of sp³-hybridized carbons (Fsp3) is 0.846. The number of ether oxygens (including phenoxy) is 1. The lowest BCUT2D eigenvalue weighted by molar-refractivity contribution is -0.119. The van der Waals surface area contributed by atoms with Crippen molar-refractivity contribution in [2.75, 3.05) is 0 Å². The molecule has 2 bridgehead atoms. The molecule has 0 aromatic carbocycles. The molecule has 2 unspecified atom stereocenters. The molecule has 2 rings (SSSR count). The normalized spacial score (nSPS) is 32.4. The smallest absolute Gasteiger partial charge is 0.411 e. The van der Waals surface area contributed by atoms with E-state index in [1.54, 1.807) is 4.90 Å². The summed E-state index contributed by atoms with van der Waals surface area (Å²) in [6.07, 6.45) is 5.16. The predicted octanol–water partition coefficient (Wildman–Crippen LogP) is 2.51. The molecule has 2 fully saturated rings. The van der Waals surface area contributed by atoms with Gasteiger partial charge in [0.15, 0.2) is 0 Å². The molecule has 96 valence electrons. The second-order valence-corrected chi connectivity index (χ2v) is 6.16. The van der Waals surface area contributed by atoms with Crippen LogP contribution in [0.3, 0.4) is 0 Å². The molecule has 0 spiro atoms. The maximum atomic E-state index is 12.2. The maximum absolute atomic E-state index is 12.2. The monoisotopic (exact) mass is 239 g/mol. The standard InChI is InChI=1S/C13H21NO3/c1-12(2,3)17-11(16)14-10-5-4-7-13(14,9-15)8-6-10/h9-10H,4-8H2,1-3H3. The van der Waals surface area contributed by atoms with E-state index in [4.69, 9.17) is 4.74 Å².